The number of amides is 1. The minimum Gasteiger partial charge on any atom is -0.385 e. The Balaban J connectivity index is 1.50. The molecule has 146 valence electrons. The molecule has 8 heteroatoms. The molecular weight excluding hydrogens is 364 g/mol. The zero-order chi connectivity index (χ0) is 19.0. The second-order valence-electron chi connectivity index (χ2n) is 7.69. The molecule has 3 heterocycles. The molecule has 4 rings (SSSR count). The van der Waals surface area contributed by atoms with Crippen LogP contribution in [0.4, 0.5) is 0 Å². The van der Waals surface area contributed by atoms with Gasteiger partial charge in [0, 0.05) is 38.1 Å². The van der Waals surface area contributed by atoms with Gasteiger partial charge in [0.15, 0.2) is 5.82 Å². The molecule has 1 amide bonds. The number of thiazole rings is 1. The summed E-state index contributed by atoms with van der Waals surface area (Å²) in [6, 6.07) is 0. The molecule has 7 nitrogen and oxygen atoms in total. The highest BCUT2D eigenvalue weighted by molar-refractivity contribution is 7.13. The van der Waals surface area contributed by atoms with Crippen LogP contribution in [0.3, 0.4) is 0 Å². The van der Waals surface area contributed by atoms with E-state index in [9.17, 15) is 4.79 Å². The monoisotopic (exact) mass is 390 g/mol. The van der Waals surface area contributed by atoms with Crippen LogP contribution in [0.25, 0.3) is 0 Å². The molecule has 0 aromatic carbocycles. The highest BCUT2D eigenvalue weighted by Gasteiger charge is 2.42. The van der Waals surface area contributed by atoms with E-state index in [-0.39, 0.29) is 11.3 Å². The van der Waals surface area contributed by atoms with Gasteiger partial charge >= 0.3 is 0 Å². The second-order valence-corrected chi connectivity index (χ2v) is 8.90. The predicted octanol–water partition coefficient (Wildman–Crippen LogP) is 3.23. The summed E-state index contributed by atoms with van der Waals surface area (Å²) in [7, 11) is 1.72. The summed E-state index contributed by atoms with van der Waals surface area (Å²) in [5, 5.41) is 5.25. The molecular formula is C19H26N4O3S. The van der Waals surface area contributed by atoms with Crippen molar-refractivity contribution in [3.05, 3.63) is 27.3 Å². The lowest BCUT2D eigenvalue weighted by atomic mass is 9.75. The van der Waals surface area contributed by atoms with Gasteiger partial charge in [0.1, 0.15) is 4.88 Å². The predicted molar refractivity (Wildman–Crippen MR) is 101 cm³/mol. The summed E-state index contributed by atoms with van der Waals surface area (Å²) in [5.74, 6) is 2.10. The molecule has 2 aromatic rings. The first-order valence-electron chi connectivity index (χ1n) is 9.59. The highest BCUT2D eigenvalue weighted by atomic mass is 32.1. The number of rotatable bonds is 6. The van der Waals surface area contributed by atoms with E-state index in [0.29, 0.717) is 25.6 Å². The fourth-order valence-corrected chi connectivity index (χ4v) is 4.73. The van der Waals surface area contributed by atoms with E-state index in [0.717, 1.165) is 59.4 Å². The van der Waals surface area contributed by atoms with Gasteiger partial charge in [-0.2, -0.15) is 4.98 Å². The minimum atomic E-state index is -0.178. The third kappa shape index (κ3) is 3.65. The summed E-state index contributed by atoms with van der Waals surface area (Å²) in [6.45, 7) is 5.86. The van der Waals surface area contributed by atoms with Gasteiger partial charge in [0.05, 0.1) is 10.7 Å². The van der Waals surface area contributed by atoms with Gasteiger partial charge in [0.25, 0.3) is 5.91 Å². The fraction of sp³-hybridized carbons (Fsp3) is 0.684. The Morgan fingerprint density at radius 2 is 2.04 bits per heavy atom. The van der Waals surface area contributed by atoms with Gasteiger partial charge in [-0.1, -0.05) is 5.16 Å². The highest BCUT2D eigenvalue weighted by Crippen LogP contribution is 2.42. The molecule has 1 aliphatic carbocycles. The number of piperidine rings is 1. The first-order valence-corrected chi connectivity index (χ1v) is 10.4. The smallest absolute Gasteiger partial charge is 0.265 e. The molecule has 0 atom stereocenters. The average molecular weight is 391 g/mol. The number of carbonyl (C=O) groups is 1. The lowest BCUT2D eigenvalue weighted by Crippen LogP contribution is -2.46. The number of hydrogen-bond acceptors (Lipinski definition) is 7. The Hall–Kier alpha value is -1.80. The number of likely N-dealkylation sites (tertiary alicyclic amines) is 1. The lowest BCUT2D eigenvalue weighted by Gasteiger charge is -2.39. The van der Waals surface area contributed by atoms with Gasteiger partial charge in [-0.3, -0.25) is 4.79 Å². The molecule has 1 saturated heterocycles. The number of nitrogens with zero attached hydrogens (tertiary/aromatic N) is 4. The summed E-state index contributed by atoms with van der Waals surface area (Å²) >= 11 is 1.48. The van der Waals surface area contributed by atoms with Crippen LogP contribution in [0.2, 0.25) is 0 Å². The molecule has 0 radical (unpaired) electrons. The molecule has 2 fully saturated rings. The third-order valence-electron chi connectivity index (χ3n) is 5.73. The second kappa shape index (κ2) is 7.31. The van der Waals surface area contributed by atoms with E-state index in [1.165, 1.54) is 11.3 Å². The quantitative estimate of drug-likeness (QED) is 0.753. The molecule has 0 spiro atoms. The van der Waals surface area contributed by atoms with E-state index in [1.54, 1.807) is 7.11 Å². The van der Waals surface area contributed by atoms with Gasteiger partial charge < -0.3 is 14.2 Å². The Kier molecular flexibility index (Phi) is 5.03. The largest absolute Gasteiger partial charge is 0.385 e. The van der Waals surface area contributed by atoms with Crippen molar-refractivity contribution in [1.29, 1.82) is 0 Å². The van der Waals surface area contributed by atoms with Crippen LogP contribution in [-0.2, 0) is 10.2 Å². The lowest BCUT2D eigenvalue weighted by molar-refractivity contribution is 0.0620. The van der Waals surface area contributed by atoms with E-state index in [2.05, 4.69) is 10.1 Å². The average Bonchev–Trinajstić information content (AvgIpc) is 3.29. The summed E-state index contributed by atoms with van der Waals surface area (Å²) in [6.07, 6.45) is 4.77. The van der Waals surface area contributed by atoms with E-state index >= 15 is 0 Å². The Labute approximate surface area is 163 Å². The van der Waals surface area contributed by atoms with Crippen molar-refractivity contribution in [3.8, 4) is 0 Å². The van der Waals surface area contributed by atoms with Crippen molar-refractivity contribution < 1.29 is 14.1 Å². The van der Waals surface area contributed by atoms with Crippen LogP contribution in [0.1, 0.15) is 70.1 Å². The normalized spacial score (nSPS) is 19.4. The Morgan fingerprint density at radius 1 is 1.30 bits per heavy atom. The Bertz CT molecular complexity index is 819. The number of carbonyl (C=O) groups excluding carboxylic acids is 1. The molecule has 0 bridgehead atoms. The third-order valence-corrected chi connectivity index (χ3v) is 6.79. The van der Waals surface area contributed by atoms with Crippen LogP contribution in [0.15, 0.2) is 4.52 Å². The number of aryl methyl sites for hydroxylation is 2. The molecule has 0 N–H and O–H groups in total. The SMILES string of the molecule is COCCC1(c2noc(C3CC3)n2)CCN(C(=O)c2sc(C)nc2C)CC1. The summed E-state index contributed by atoms with van der Waals surface area (Å²) in [4.78, 5) is 24.7. The van der Waals surface area contributed by atoms with Crippen LogP contribution in [0, 0.1) is 13.8 Å². The first kappa shape index (κ1) is 18.6. The first-order chi connectivity index (χ1) is 13.0. The zero-order valence-corrected chi connectivity index (χ0v) is 17.0. The summed E-state index contributed by atoms with van der Waals surface area (Å²) < 4.78 is 10.9. The molecule has 0 unspecified atom stereocenters. The summed E-state index contributed by atoms with van der Waals surface area (Å²) in [5.41, 5.74) is 0.646. The van der Waals surface area contributed by atoms with E-state index in [4.69, 9.17) is 14.2 Å². The van der Waals surface area contributed by atoms with Crippen molar-refractivity contribution in [2.75, 3.05) is 26.8 Å². The van der Waals surface area contributed by atoms with Crippen molar-refractivity contribution >= 4 is 17.2 Å². The van der Waals surface area contributed by atoms with Crippen LogP contribution in [0.5, 0.6) is 0 Å². The molecule has 27 heavy (non-hydrogen) atoms. The fourth-order valence-electron chi connectivity index (χ4n) is 3.84. The van der Waals surface area contributed by atoms with Crippen LogP contribution >= 0.6 is 11.3 Å². The van der Waals surface area contributed by atoms with Crippen molar-refractivity contribution in [2.24, 2.45) is 0 Å². The molecule has 1 saturated carbocycles. The number of hydrogen-bond donors (Lipinski definition) is 0. The van der Waals surface area contributed by atoms with E-state index in [1.807, 2.05) is 18.7 Å². The standard InChI is InChI=1S/C19H26N4O3S/c1-12-15(27-13(2)20-12)17(24)23-9-6-19(7-10-23,8-11-25-3)18-21-16(26-22-18)14-4-5-14/h14H,4-11H2,1-3H3. The van der Waals surface area contributed by atoms with Crippen LogP contribution in [-0.4, -0.2) is 52.7 Å². The minimum absolute atomic E-state index is 0.0882. The van der Waals surface area contributed by atoms with Crippen molar-refractivity contribution in [3.63, 3.8) is 0 Å². The van der Waals surface area contributed by atoms with Gasteiger partial charge in [-0.05, 0) is 46.0 Å². The molecule has 2 aromatic heterocycles. The van der Waals surface area contributed by atoms with Gasteiger partial charge in [-0.15, -0.1) is 11.3 Å². The number of methoxy groups -OCH3 is 1. The number of ether oxygens (including phenoxy) is 1. The molecule has 2 aliphatic rings. The zero-order valence-electron chi connectivity index (χ0n) is 16.2. The van der Waals surface area contributed by atoms with Crippen molar-refractivity contribution in [2.45, 2.75) is 57.3 Å². The van der Waals surface area contributed by atoms with Crippen LogP contribution < -0.4 is 0 Å². The number of aromatic nitrogens is 3. The molecule has 1 aliphatic heterocycles. The topological polar surface area (TPSA) is 81.4 Å². The van der Waals surface area contributed by atoms with Crippen molar-refractivity contribution in [1.82, 2.24) is 20.0 Å². The van der Waals surface area contributed by atoms with Gasteiger partial charge in [0.2, 0.25) is 5.89 Å². The maximum absolute atomic E-state index is 12.9. The van der Waals surface area contributed by atoms with E-state index < -0.39 is 0 Å². The van der Waals surface area contributed by atoms with Gasteiger partial charge in [-0.25, -0.2) is 4.98 Å². The Morgan fingerprint density at radius 3 is 2.63 bits per heavy atom. The maximum atomic E-state index is 12.9. The maximum Gasteiger partial charge on any atom is 0.265 e.